The van der Waals surface area contributed by atoms with Gasteiger partial charge in [-0.05, 0) is 43.7 Å². The smallest absolute Gasteiger partial charge is 0.310 e. The highest BCUT2D eigenvalue weighted by atomic mass is 19.4. The normalized spacial score (nSPS) is 15.5. The molecule has 214 valence electrons. The third kappa shape index (κ3) is 6.59. The number of nitrogens with zero attached hydrogens (tertiary/aromatic N) is 6. The fourth-order valence-electron chi connectivity index (χ4n) is 4.76. The average molecular weight is 568 g/mol. The van der Waals surface area contributed by atoms with Crippen LogP contribution >= 0.6 is 0 Å². The van der Waals surface area contributed by atoms with E-state index in [0.717, 1.165) is 23.4 Å². The molecule has 3 aromatic rings. The van der Waals surface area contributed by atoms with Crippen molar-refractivity contribution in [3.8, 4) is 23.6 Å². The zero-order valence-corrected chi connectivity index (χ0v) is 22.5. The molecule has 0 fully saturated rings. The van der Waals surface area contributed by atoms with E-state index in [1.54, 1.807) is 24.4 Å². The monoisotopic (exact) mass is 567 g/mol. The lowest BCUT2D eigenvalue weighted by Crippen LogP contribution is -2.40. The minimum Gasteiger partial charge on any atom is -0.310 e. The summed E-state index contributed by atoms with van der Waals surface area (Å²) in [6.07, 6.45) is 7.13. The number of aromatic nitrogens is 5. The Hall–Kier alpha value is -4.60. The van der Waals surface area contributed by atoms with Gasteiger partial charge < -0.3 is 5.32 Å². The van der Waals surface area contributed by atoms with Gasteiger partial charge in [0.15, 0.2) is 0 Å². The Kier molecular flexibility index (Phi) is 8.80. The fourth-order valence-corrected chi connectivity index (χ4v) is 4.76. The molecule has 1 aliphatic rings. The molecule has 0 saturated heterocycles. The zero-order chi connectivity index (χ0) is 29.7. The summed E-state index contributed by atoms with van der Waals surface area (Å²) in [5, 5.41) is 2.81. The summed E-state index contributed by atoms with van der Waals surface area (Å²) in [5.41, 5.74) is -0.0115. The number of rotatable bonds is 8. The molecule has 0 saturated carbocycles. The van der Waals surface area contributed by atoms with E-state index in [1.165, 1.54) is 11.6 Å². The first kappa shape index (κ1) is 29.4. The van der Waals surface area contributed by atoms with Crippen LogP contribution in [0.5, 0.6) is 0 Å². The summed E-state index contributed by atoms with van der Waals surface area (Å²) in [4.78, 5) is 54.3. The lowest BCUT2D eigenvalue weighted by molar-refractivity contribution is -0.145. The highest BCUT2D eigenvalue weighted by Gasteiger charge is 2.34. The Morgan fingerprint density at radius 3 is 2.63 bits per heavy atom. The molecule has 41 heavy (non-hydrogen) atoms. The van der Waals surface area contributed by atoms with Crippen LogP contribution < -0.4 is 16.6 Å². The number of carbonyl (C=O) groups excluding carboxylic acids is 1. The molecule has 13 heteroatoms. The van der Waals surface area contributed by atoms with Gasteiger partial charge in [0.2, 0.25) is 11.7 Å². The van der Waals surface area contributed by atoms with Gasteiger partial charge in [-0.25, -0.2) is 29.3 Å². The van der Waals surface area contributed by atoms with Crippen molar-refractivity contribution >= 4 is 23.8 Å². The fraction of sp³-hybridized carbons (Fsp3) is 0.393. The largest absolute Gasteiger partial charge is 0.451 e. The number of aliphatic imine (C=N–C) groups is 1. The first-order valence-corrected chi connectivity index (χ1v) is 13.0. The van der Waals surface area contributed by atoms with E-state index >= 15 is 0 Å². The number of pyridine rings is 1. The summed E-state index contributed by atoms with van der Waals surface area (Å²) in [5.74, 6) is 0.805. The summed E-state index contributed by atoms with van der Waals surface area (Å²) in [7, 11) is 1.54. The lowest BCUT2D eigenvalue weighted by atomic mass is 9.88. The summed E-state index contributed by atoms with van der Waals surface area (Å²) < 4.78 is 40.7. The zero-order valence-electron chi connectivity index (χ0n) is 22.5. The summed E-state index contributed by atoms with van der Waals surface area (Å²) >= 11 is 0. The number of halogens is 3. The highest BCUT2D eigenvalue weighted by molar-refractivity contribution is 5.92. The Morgan fingerprint density at radius 1 is 1.24 bits per heavy atom. The molecule has 2 unspecified atom stereocenters. The van der Waals surface area contributed by atoms with Crippen molar-refractivity contribution < 1.29 is 18.0 Å². The molecule has 4 heterocycles. The molecule has 0 radical (unpaired) electrons. The third-order valence-corrected chi connectivity index (χ3v) is 6.83. The molecule has 10 nitrogen and oxygen atoms in total. The molecular formula is C28H28F3N7O3. The second-order valence-electron chi connectivity index (χ2n) is 9.73. The number of alkyl halides is 3. The van der Waals surface area contributed by atoms with Crippen molar-refractivity contribution in [3.05, 3.63) is 62.8 Å². The third-order valence-electron chi connectivity index (χ3n) is 6.83. The van der Waals surface area contributed by atoms with E-state index in [9.17, 15) is 27.6 Å². The van der Waals surface area contributed by atoms with E-state index in [1.807, 2.05) is 6.92 Å². The van der Waals surface area contributed by atoms with Crippen molar-refractivity contribution in [2.45, 2.75) is 51.7 Å². The van der Waals surface area contributed by atoms with Crippen molar-refractivity contribution in [1.29, 1.82) is 0 Å². The van der Waals surface area contributed by atoms with Gasteiger partial charge in [0.05, 0.1) is 17.8 Å². The van der Waals surface area contributed by atoms with Crippen molar-refractivity contribution in [2.24, 2.45) is 23.9 Å². The number of amides is 1. The van der Waals surface area contributed by atoms with Crippen molar-refractivity contribution in [2.75, 3.05) is 5.32 Å². The molecule has 2 atom stereocenters. The number of nitrogens with one attached hydrogen (secondary N) is 1. The molecule has 1 aliphatic heterocycles. The Balaban J connectivity index is 1.49. The van der Waals surface area contributed by atoms with E-state index in [4.69, 9.17) is 6.42 Å². The molecule has 1 amide bonds. The standard InChI is InChI=1S/C28H28F3N7O3/c1-4-7-18(13-17-10-11-20-23(32-14-17)37(3)27(41)38(12-5-2)25(20)40)24(39)36-22-9-6-8-21(35-22)19-15-33-26(34-16-19)28(29,30)31/h2,6,8-9,14-18H,4,7,10-13H2,1,3H3,(H,35,36,39). The highest BCUT2D eigenvalue weighted by Crippen LogP contribution is 2.28. The van der Waals surface area contributed by atoms with Gasteiger partial charge in [0, 0.05) is 37.1 Å². The number of terminal acetylenes is 1. The molecule has 0 spiro atoms. The minimum atomic E-state index is -4.65. The first-order chi connectivity index (χ1) is 19.5. The number of hydrogen-bond acceptors (Lipinski definition) is 7. The molecule has 0 bridgehead atoms. The van der Waals surface area contributed by atoms with Gasteiger partial charge >= 0.3 is 11.9 Å². The first-order valence-electron chi connectivity index (χ1n) is 13.0. The molecule has 4 rings (SSSR count). The Labute approximate surface area is 233 Å². The van der Waals surface area contributed by atoms with Crippen molar-refractivity contribution in [1.82, 2.24) is 24.1 Å². The Morgan fingerprint density at radius 2 is 1.98 bits per heavy atom. The number of anilines is 1. The van der Waals surface area contributed by atoms with Crippen LogP contribution in [-0.4, -0.2) is 36.2 Å². The SMILES string of the molecule is C#CCn1c(=O)c2c(n(C)c1=O)N=CC(CC(CCC)C(=O)Nc1cccc(-c3cnc(C(F)(F)F)nc3)n1)CC2. The summed E-state index contributed by atoms with van der Waals surface area (Å²) in [6, 6.07) is 4.79. The van der Waals surface area contributed by atoms with Crippen LogP contribution in [0.15, 0.2) is 45.2 Å². The van der Waals surface area contributed by atoms with Gasteiger partial charge in [0.25, 0.3) is 5.56 Å². The van der Waals surface area contributed by atoms with Gasteiger partial charge in [-0.1, -0.05) is 25.3 Å². The van der Waals surface area contributed by atoms with E-state index in [-0.39, 0.29) is 29.8 Å². The Bertz CT molecular complexity index is 1620. The van der Waals surface area contributed by atoms with Crippen LogP contribution in [0.3, 0.4) is 0 Å². The molecule has 0 aromatic carbocycles. The number of fused-ring (bicyclic) bond motifs is 1. The van der Waals surface area contributed by atoms with E-state index in [0.29, 0.717) is 42.8 Å². The van der Waals surface area contributed by atoms with Crippen LogP contribution in [0, 0.1) is 24.2 Å². The second kappa shape index (κ2) is 12.3. The predicted molar refractivity (Wildman–Crippen MR) is 147 cm³/mol. The van der Waals surface area contributed by atoms with Gasteiger partial charge in [-0.3, -0.25) is 14.2 Å². The molecule has 0 aliphatic carbocycles. The van der Waals surface area contributed by atoms with Crippen LogP contribution in [0.2, 0.25) is 0 Å². The van der Waals surface area contributed by atoms with Gasteiger partial charge in [-0.15, -0.1) is 6.42 Å². The number of hydrogen-bond donors (Lipinski definition) is 1. The average Bonchev–Trinajstić information content (AvgIpc) is 3.16. The topological polar surface area (TPSA) is 124 Å². The van der Waals surface area contributed by atoms with Crippen molar-refractivity contribution in [3.63, 3.8) is 0 Å². The van der Waals surface area contributed by atoms with Crippen LogP contribution in [-0.2, 0) is 31.0 Å². The van der Waals surface area contributed by atoms with E-state index in [2.05, 4.69) is 31.2 Å². The number of carbonyl (C=O) groups is 1. The van der Waals surface area contributed by atoms with Crippen LogP contribution in [0.25, 0.3) is 11.3 Å². The molecule has 3 aromatic heterocycles. The lowest BCUT2D eigenvalue weighted by Gasteiger charge is -2.20. The van der Waals surface area contributed by atoms with Crippen LogP contribution in [0.4, 0.5) is 24.8 Å². The maximum atomic E-state index is 13.3. The minimum absolute atomic E-state index is 0.133. The van der Waals surface area contributed by atoms with Gasteiger partial charge in [-0.2, -0.15) is 13.2 Å². The van der Waals surface area contributed by atoms with Gasteiger partial charge in [0.1, 0.15) is 11.6 Å². The van der Waals surface area contributed by atoms with E-state index < -0.39 is 29.2 Å². The summed E-state index contributed by atoms with van der Waals surface area (Å²) in [6.45, 7) is 1.83. The molecular weight excluding hydrogens is 539 g/mol. The van der Waals surface area contributed by atoms with Crippen LogP contribution in [0.1, 0.15) is 44.0 Å². The quantitative estimate of drug-likeness (QED) is 0.414. The predicted octanol–water partition coefficient (Wildman–Crippen LogP) is 3.76. The maximum Gasteiger partial charge on any atom is 0.451 e. The molecule has 1 N–H and O–H groups in total. The second-order valence-corrected chi connectivity index (χ2v) is 9.73. The maximum absolute atomic E-state index is 13.3.